The predicted octanol–water partition coefficient (Wildman–Crippen LogP) is 2.54. The van der Waals surface area contributed by atoms with Crippen molar-refractivity contribution in [1.29, 1.82) is 0 Å². The molecule has 7 nitrogen and oxygen atoms in total. The van der Waals surface area contributed by atoms with E-state index in [2.05, 4.69) is 35.2 Å². The zero-order chi connectivity index (χ0) is 15.1. The number of fused-ring (bicyclic) bond motifs is 2. The Labute approximate surface area is 124 Å². The number of aromatic amines is 2. The second kappa shape index (κ2) is 4.76. The van der Waals surface area contributed by atoms with Crippen LogP contribution in [-0.4, -0.2) is 29.9 Å². The number of hydrogen-bond acceptors (Lipinski definition) is 5. The van der Waals surface area contributed by atoms with Crippen molar-refractivity contribution < 1.29 is 4.39 Å². The van der Waals surface area contributed by atoms with Crippen molar-refractivity contribution in [1.82, 2.24) is 29.9 Å². The Morgan fingerprint density at radius 1 is 1.23 bits per heavy atom. The van der Waals surface area contributed by atoms with Gasteiger partial charge in [0.25, 0.3) is 0 Å². The molecule has 0 spiro atoms. The van der Waals surface area contributed by atoms with E-state index in [1.807, 2.05) is 6.92 Å². The first-order valence-electron chi connectivity index (χ1n) is 6.76. The largest absolute Gasteiger partial charge is 0.359 e. The molecular formula is C14H12FN7. The van der Waals surface area contributed by atoms with Crippen LogP contribution in [0.4, 0.5) is 10.2 Å². The summed E-state index contributed by atoms with van der Waals surface area (Å²) in [5.74, 6) is 1.05. The molecule has 4 aromatic rings. The molecule has 0 amide bonds. The van der Waals surface area contributed by atoms with Crippen LogP contribution >= 0.6 is 0 Å². The summed E-state index contributed by atoms with van der Waals surface area (Å²) in [7, 11) is 0. The Bertz CT molecular complexity index is 958. The van der Waals surface area contributed by atoms with Crippen molar-refractivity contribution in [3.05, 3.63) is 42.5 Å². The van der Waals surface area contributed by atoms with Crippen LogP contribution in [0, 0.1) is 5.82 Å². The van der Waals surface area contributed by atoms with Gasteiger partial charge >= 0.3 is 0 Å². The third-order valence-corrected chi connectivity index (χ3v) is 3.45. The van der Waals surface area contributed by atoms with Crippen LogP contribution in [-0.2, 0) is 0 Å². The SMILES string of the molecule is CC(Nc1ncnc2nc[nH]c12)c1nc2ccc(F)cc2[nH]1. The van der Waals surface area contributed by atoms with Gasteiger partial charge in [0.1, 0.15) is 23.5 Å². The number of hydrogen-bond donors (Lipinski definition) is 3. The van der Waals surface area contributed by atoms with E-state index >= 15 is 0 Å². The van der Waals surface area contributed by atoms with E-state index in [-0.39, 0.29) is 11.9 Å². The summed E-state index contributed by atoms with van der Waals surface area (Å²) in [5, 5.41) is 3.25. The highest BCUT2D eigenvalue weighted by Gasteiger charge is 2.14. The number of nitrogens with zero attached hydrogens (tertiary/aromatic N) is 4. The van der Waals surface area contributed by atoms with Gasteiger partial charge in [0, 0.05) is 0 Å². The molecule has 22 heavy (non-hydrogen) atoms. The maximum absolute atomic E-state index is 13.2. The summed E-state index contributed by atoms with van der Waals surface area (Å²) >= 11 is 0. The lowest BCUT2D eigenvalue weighted by molar-refractivity contribution is 0.629. The van der Waals surface area contributed by atoms with Crippen LogP contribution in [0.3, 0.4) is 0 Å². The molecule has 3 heterocycles. The number of imidazole rings is 2. The number of aromatic nitrogens is 6. The fourth-order valence-corrected chi connectivity index (χ4v) is 2.35. The van der Waals surface area contributed by atoms with Crippen molar-refractivity contribution in [2.45, 2.75) is 13.0 Å². The van der Waals surface area contributed by atoms with E-state index in [1.54, 1.807) is 12.4 Å². The Morgan fingerprint density at radius 3 is 3.05 bits per heavy atom. The first-order chi connectivity index (χ1) is 10.7. The van der Waals surface area contributed by atoms with E-state index in [0.29, 0.717) is 22.8 Å². The number of rotatable bonds is 3. The Kier molecular flexibility index (Phi) is 2.75. The van der Waals surface area contributed by atoms with E-state index in [4.69, 9.17) is 0 Å². The minimum Gasteiger partial charge on any atom is -0.359 e. The molecule has 1 aromatic carbocycles. The second-order valence-corrected chi connectivity index (χ2v) is 4.97. The van der Waals surface area contributed by atoms with Crippen molar-refractivity contribution in [3.8, 4) is 0 Å². The molecular weight excluding hydrogens is 285 g/mol. The van der Waals surface area contributed by atoms with Gasteiger partial charge in [0.05, 0.1) is 23.4 Å². The fourth-order valence-electron chi connectivity index (χ4n) is 2.35. The molecule has 1 atom stereocenters. The number of anilines is 1. The quantitative estimate of drug-likeness (QED) is 0.540. The minimum absolute atomic E-state index is 0.142. The highest BCUT2D eigenvalue weighted by atomic mass is 19.1. The van der Waals surface area contributed by atoms with Crippen LogP contribution in [0.1, 0.15) is 18.8 Å². The van der Waals surface area contributed by atoms with Crippen LogP contribution in [0.15, 0.2) is 30.9 Å². The monoisotopic (exact) mass is 297 g/mol. The third-order valence-electron chi connectivity index (χ3n) is 3.45. The van der Waals surface area contributed by atoms with Gasteiger partial charge in [-0.1, -0.05) is 0 Å². The number of nitrogens with one attached hydrogen (secondary N) is 3. The first-order valence-corrected chi connectivity index (χ1v) is 6.76. The van der Waals surface area contributed by atoms with E-state index in [0.717, 1.165) is 11.0 Å². The van der Waals surface area contributed by atoms with Crippen molar-refractivity contribution >= 4 is 28.0 Å². The lowest BCUT2D eigenvalue weighted by atomic mass is 10.3. The van der Waals surface area contributed by atoms with Crippen LogP contribution in [0.5, 0.6) is 0 Å². The van der Waals surface area contributed by atoms with E-state index < -0.39 is 0 Å². The molecule has 0 radical (unpaired) electrons. The molecule has 110 valence electrons. The molecule has 0 bridgehead atoms. The molecule has 0 aliphatic rings. The highest BCUT2D eigenvalue weighted by molar-refractivity contribution is 5.82. The summed E-state index contributed by atoms with van der Waals surface area (Å²) in [4.78, 5) is 23.0. The number of halogens is 1. The van der Waals surface area contributed by atoms with Gasteiger partial charge < -0.3 is 15.3 Å². The second-order valence-electron chi connectivity index (χ2n) is 4.97. The molecule has 3 aromatic heterocycles. The predicted molar refractivity (Wildman–Crippen MR) is 79.8 cm³/mol. The zero-order valence-corrected chi connectivity index (χ0v) is 11.6. The Hall–Kier alpha value is -3.03. The number of benzene rings is 1. The maximum Gasteiger partial charge on any atom is 0.182 e. The summed E-state index contributed by atoms with van der Waals surface area (Å²) < 4.78 is 13.2. The lowest BCUT2D eigenvalue weighted by Crippen LogP contribution is -2.10. The molecule has 0 saturated heterocycles. The molecule has 3 N–H and O–H groups in total. The van der Waals surface area contributed by atoms with Crippen LogP contribution < -0.4 is 5.32 Å². The molecule has 0 fully saturated rings. The van der Waals surface area contributed by atoms with Gasteiger partial charge in [0.15, 0.2) is 11.5 Å². The molecule has 8 heteroatoms. The number of H-pyrrole nitrogens is 2. The van der Waals surface area contributed by atoms with Gasteiger partial charge in [0.2, 0.25) is 0 Å². The van der Waals surface area contributed by atoms with Gasteiger partial charge in [-0.25, -0.2) is 24.3 Å². The third kappa shape index (κ3) is 2.05. The highest BCUT2D eigenvalue weighted by Crippen LogP contribution is 2.22. The fraction of sp³-hybridized carbons (Fsp3) is 0.143. The van der Waals surface area contributed by atoms with Crippen LogP contribution in [0.2, 0.25) is 0 Å². The maximum atomic E-state index is 13.2. The van der Waals surface area contributed by atoms with Crippen molar-refractivity contribution in [2.75, 3.05) is 5.32 Å². The zero-order valence-electron chi connectivity index (χ0n) is 11.6. The molecule has 1 unspecified atom stereocenters. The summed E-state index contributed by atoms with van der Waals surface area (Å²) in [6.07, 6.45) is 3.02. The minimum atomic E-state index is -0.293. The Balaban J connectivity index is 1.68. The Morgan fingerprint density at radius 2 is 2.14 bits per heavy atom. The van der Waals surface area contributed by atoms with Crippen molar-refractivity contribution in [3.63, 3.8) is 0 Å². The summed E-state index contributed by atoms with van der Waals surface area (Å²) in [5.41, 5.74) is 2.71. The van der Waals surface area contributed by atoms with E-state index in [1.165, 1.54) is 18.5 Å². The van der Waals surface area contributed by atoms with Gasteiger partial charge in [-0.3, -0.25) is 0 Å². The topological polar surface area (TPSA) is 95.2 Å². The molecule has 0 saturated carbocycles. The summed E-state index contributed by atoms with van der Waals surface area (Å²) in [6.45, 7) is 1.94. The van der Waals surface area contributed by atoms with Gasteiger partial charge in [-0.05, 0) is 25.1 Å². The molecule has 0 aliphatic carbocycles. The van der Waals surface area contributed by atoms with Gasteiger partial charge in [-0.2, -0.15) is 0 Å². The average Bonchev–Trinajstić information content (AvgIpc) is 3.13. The molecule has 0 aliphatic heterocycles. The lowest BCUT2D eigenvalue weighted by Gasteiger charge is -2.12. The summed E-state index contributed by atoms with van der Waals surface area (Å²) in [6, 6.07) is 4.33. The molecule has 4 rings (SSSR count). The average molecular weight is 297 g/mol. The van der Waals surface area contributed by atoms with Crippen molar-refractivity contribution in [2.24, 2.45) is 0 Å². The van der Waals surface area contributed by atoms with Gasteiger partial charge in [-0.15, -0.1) is 0 Å². The standard InChI is InChI=1S/C14H12FN7/c1-7(12-21-9-3-2-8(15)4-10(9)22-12)20-14-11-13(17-5-16-11)18-6-19-14/h2-7H,1H3,(H,21,22)(H2,16,17,18,19,20). The van der Waals surface area contributed by atoms with Crippen LogP contribution in [0.25, 0.3) is 22.2 Å². The van der Waals surface area contributed by atoms with E-state index in [9.17, 15) is 4.39 Å². The first kappa shape index (κ1) is 12.7. The smallest absolute Gasteiger partial charge is 0.182 e. The normalized spacial score (nSPS) is 12.8.